The summed E-state index contributed by atoms with van der Waals surface area (Å²) in [5.41, 5.74) is 2.95. The SMILES string of the molecule is CCC[CH2][Sn]([CH2]CCC)([CH2]CCC)[c]1cc(Br)ccc1CC(NC(=O)OCc1ccccc1)C(=O)OCc1ccccc1. The third-order valence-electron chi connectivity index (χ3n) is 8.11. The first kappa shape index (κ1) is 35.2. The summed E-state index contributed by atoms with van der Waals surface area (Å²) in [4.78, 5) is 26.6. The zero-order chi connectivity index (χ0) is 30.9. The van der Waals surface area contributed by atoms with Crippen molar-refractivity contribution in [1.29, 1.82) is 0 Å². The Morgan fingerprint density at radius 2 is 1.26 bits per heavy atom. The number of ether oxygens (including phenoxy) is 2. The van der Waals surface area contributed by atoms with Crippen LogP contribution in [0.15, 0.2) is 83.3 Å². The maximum absolute atomic E-state index is 13.6. The molecular formula is C36H48BrNO4Sn. The molecule has 5 nitrogen and oxygen atoms in total. The second kappa shape index (κ2) is 19.1. The summed E-state index contributed by atoms with van der Waals surface area (Å²) in [6.07, 6.45) is 7.02. The van der Waals surface area contributed by atoms with Gasteiger partial charge in [0.25, 0.3) is 0 Å². The van der Waals surface area contributed by atoms with Crippen molar-refractivity contribution in [3.05, 3.63) is 100 Å². The van der Waals surface area contributed by atoms with Crippen molar-refractivity contribution in [2.45, 2.75) is 98.3 Å². The van der Waals surface area contributed by atoms with Crippen molar-refractivity contribution in [3.63, 3.8) is 0 Å². The molecule has 0 radical (unpaired) electrons. The van der Waals surface area contributed by atoms with Gasteiger partial charge in [-0.25, -0.2) is 0 Å². The predicted molar refractivity (Wildman–Crippen MR) is 182 cm³/mol. The van der Waals surface area contributed by atoms with Crippen molar-refractivity contribution in [2.75, 3.05) is 0 Å². The average Bonchev–Trinajstić information content (AvgIpc) is 3.04. The van der Waals surface area contributed by atoms with Gasteiger partial charge in [-0.15, -0.1) is 0 Å². The molecule has 0 aliphatic rings. The monoisotopic (exact) mass is 757 g/mol. The van der Waals surface area contributed by atoms with Crippen LogP contribution < -0.4 is 8.90 Å². The van der Waals surface area contributed by atoms with Gasteiger partial charge in [0, 0.05) is 0 Å². The zero-order valence-electron chi connectivity index (χ0n) is 26.1. The molecule has 232 valence electrons. The first-order chi connectivity index (χ1) is 20.9. The van der Waals surface area contributed by atoms with E-state index in [1.807, 2.05) is 60.7 Å². The molecule has 3 aromatic rings. The Labute approximate surface area is 271 Å². The maximum atomic E-state index is 13.6. The molecule has 0 saturated carbocycles. The molecule has 3 rings (SSSR count). The third kappa shape index (κ3) is 11.6. The number of hydrogen-bond donors (Lipinski definition) is 1. The molecule has 0 spiro atoms. The molecule has 0 aliphatic heterocycles. The van der Waals surface area contributed by atoms with Crippen molar-refractivity contribution in [1.82, 2.24) is 5.32 Å². The molecule has 0 aliphatic carbocycles. The topological polar surface area (TPSA) is 64.6 Å². The molecule has 3 aromatic carbocycles. The van der Waals surface area contributed by atoms with Gasteiger partial charge in [0.05, 0.1) is 0 Å². The van der Waals surface area contributed by atoms with Gasteiger partial charge in [-0.3, -0.25) is 0 Å². The molecule has 0 heterocycles. The summed E-state index contributed by atoms with van der Waals surface area (Å²) in [6, 6.07) is 24.9. The van der Waals surface area contributed by atoms with E-state index in [4.69, 9.17) is 9.47 Å². The Hall–Kier alpha value is -2.32. The molecule has 1 atom stereocenters. The summed E-state index contributed by atoms with van der Waals surface area (Å²) in [6.45, 7) is 7.12. The van der Waals surface area contributed by atoms with Gasteiger partial charge in [0.1, 0.15) is 0 Å². The molecule has 1 unspecified atom stereocenters. The molecular weight excluding hydrogens is 709 g/mol. The zero-order valence-corrected chi connectivity index (χ0v) is 30.5. The standard InChI is InChI=1S/C24H21BrNO4.3C4H9.Sn/c25-21-13-11-18(12-14-21)15-22(23(27)29-16-19-7-3-1-4-8-19)26-24(28)30-17-20-9-5-2-6-10-20;3*1-3-4-2;/h1-11,13-14,22H,15-17H2,(H,26,28);3*1,3-4H2,2H3;. The van der Waals surface area contributed by atoms with Gasteiger partial charge < -0.3 is 0 Å². The third-order valence-corrected chi connectivity index (χ3v) is 24.4. The normalized spacial score (nSPS) is 12.0. The van der Waals surface area contributed by atoms with Crippen LogP contribution >= 0.6 is 15.9 Å². The first-order valence-corrected chi connectivity index (χ1v) is 24.1. The van der Waals surface area contributed by atoms with Gasteiger partial charge in [-0.1, -0.05) is 0 Å². The second-order valence-electron chi connectivity index (χ2n) is 11.4. The van der Waals surface area contributed by atoms with Crippen LogP contribution in [0.5, 0.6) is 0 Å². The van der Waals surface area contributed by atoms with Gasteiger partial charge in [-0.05, 0) is 0 Å². The van der Waals surface area contributed by atoms with E-state index < -0.39 is 36.5 Å². The second-order valence-corrected chi connectivity index (χ2v) is 25.5. The van der Waals surface area contributed by atoms with Gasteiger partial charge in [-0.2, -0.15) is 0 Å². The molecule has 43 heavy (non-hydrogen) atoms. The Morgan fingerprint density at radius 1 is 0.744 bits per heavy atom. The van der Waals surface area contributed by atoms with Crippen LogP contribution in [0.3, 0.4) is 0 Å². The van der Waals surface area contributed by atoms with E-state index in [9.17, 15) is 9.59 Å². The molecule has 0 saturated heterocycles. The van der Waals surface area contributed by atoms with E-state index in [1.54, 1.807) is 0 Å². The van der Waals surface area contributed by atoms with E-state index in [-0.39, 0.29) is 13.2 Å². The molecule has 0 fully saturated rings. The molecule has 0 bridgehead atoms. The Bertz CT molecular complexity index is 1230. The van der Waals surface area contributed by atoms with E-state index in [0.29, 0.717) is 6.42 Å². The number of amides is 1. The minimum atomic E-state index is -2.89. The van der Waals surface area contributed by atoms with E-state index in [2.05, 4.69) is 60.2 Å². The van der Waals surface area contributed by atoms with Gasteiger partial charge in [0.15, 0.2) is 0 Å². The Morgan fingerprint density at radius 3 is 1.77 bits per heavy atom. The Balaban J connectivity index is 1.92. The van der Waals surface area contributed by atoms with Gasteiger partial charge in [0.2, 0.25) is 0 Å². The number of nitrogens with one attached hydrogen (secondary N) is 1. The number of unbranched alkanes of at least 4 members (excludes halogenated alkanes) is 3. The summed E-state index contributed by atoms with van der Waals surface area (Å²) in [5, 5.41) is 2.87. The number of rotatable bonds is 18. The van der Waals surface area contributed by atoms with E-state index >= 15 is 0 Å². The summed E-state index contributed by atoms with van der Waals surface area (Å²) < 4.78 is 17.8. The van der Waals surface area contributed by atoms with Crippen molar-refractivity contribution >= 4 is 49.9 Å². The molecule has 1 N–H and O–H groups in total. The minimum absolute atomic E-state index is 0.132. The van der Waals surface area contributed by atoms with Gasteiger partial charge >= 0.3 is 273 Å². The fourth-order valence-corrected chi connectivity index (χ4v) is 23.7. The van der Waals surface area contributed by atoms with Crippen molar-refractivity contribution in [3.8, 4) is 0 Å². The predicted octanol–water partition coefficient (Wildman–Crippen LogP) is 9.09. The number of halogens is 1. The van der Waals surface area contributed by atoms with Crippen LogP contribution in [-0.4, -0.2) is 36.5 Å². The average molecular weight is 757 g/mol. The number of carbonyl (C=O) groups excluding carboxylic acids is 2. The number of alkyl carbamates (subject to hydrolysis) is 1. The van der Waals surface area contributed by atoms with E-state index in [1.165, 1.54) is 55.4 Å². The van der Waals surface area contributed by atoms with Crippen molar-refractivity contribution < 1.29 is 19.1 Å². The van der Waals surface area contributed by atoms with E-state index in [0.717, 1.165) is 21.2 Å². The van der Waals surface area contributed by atoms with Crippen LogP contribution in [0.1, 0.15) is 76.0 Å². The van der Waals surface area contributed by atoms with Crippen LogP contribution in [0.2, 0.25) is 13.3 Å². The summed E-state index contributed by atoms with van der Waals surface area (Å²) >= 11 is 0.885. The molecule has 7 heteroatoms. The van der Waals surface area contributed by atoms with Crippen molar-refractivity contribution in [2.24, 2.45) is 0 Å². The molecule has 0 aromatic heterocycles. The summed E-state index contributed by atoms with van der Waals surface area (Å²) in [5.74, 6) is -0.453. The fourth-order valence-electron chi connectivity index (χ4n) is 5.69. The number of esters is 1. The van der Waals surface area contributed by atoms with Crippen LogP contribution in [-0.2, 0) is 33.9 Å². The Kier molecular flexibility index (Phi) is 15.7. The van der Waals surface area contributed by atoms with Crippen LogP contribution in [0, 0.1) is 0 Å². The van der Waals surface area contributed by atoms with Crippen LogP contribution in [0.25, 0.3) is 0 Å². The quantitative estimate of drug-likeness (QED) is 0.104. The molecule has 1 amide bonds. The number of hydrogen-bond acceptors (Lipinski definition) is 4. The first-order valence-electron chi connectivity index (χ1n) is 15.9. The van der Waals surface area contributed by atoms with Crippen LogP contribution in [0.4, 0.5) is 4.79 Å². The number of benzene rings is 3. The number of carbonyl (C=O) groups is 2. The summed E-state index contributed by atoms with van der Waals surface area (Å²) in [7, 11) is 0. The fraction of sp³-hybridized carbons (Fsp3) is 0.444.